The third-order valence-corrected chi connectivity index (χ3v) is 3.91. The highest BCUT2D eigenvalue weighted by atomic mass is 79.9. The Morgan fingerprint density at radius 1 is 1.30 bits per heavy atom. The summed E-state index contributed by atoms with van der Waals surface area (Å²) in [7, 11) is 1.61. The second-order valence-electron chi connectivity index (χ2n) is 4.42. The number of ketones is 1. The van der Waals surface area contributed by atoms with Crippen molar-refractivity contribution >= 4 is 21.7 Å². The highest BCUT2D eigenvalue weighted by Crippen LogP contribution is 2.24. The van der Waals surface area contributed by atoms with Gasteiger partial charge in [-0.1, -0.05) is 28.9 Å². The molecule has 0 aliphatic heterocycles. The Bertz CT molecular complexity index is 626. The summed E-state index contributed by atoms with van der Waals surface area (Å²) in [4.78, 5) is 16.6. The minimum absolute atomic E-state index is 0.0244. The van der Waals surface area contributed by atoms with Crippen molar-refractivity contribution in [1.29, 1.82) is 0 Å². The lowest BCUT2D eigenvalue weighted by molar-refractivity contribution is 0.0987. The number of nitrogens with zero attached hydrogens (tertiary/aromatic N) is 1. The number of aryl methyl sites for hydroxylation is 1. The Morgan fingerprint density at radius 2 is 2.10 bits per heavy atom. The smallest absolute Gasteiger partial charge is 0.185 e. The maximum absolute atomic E-state index is 12.4. The Kier molecular flexibility index (Phi) is 4.90. The van der Waals surface area contributed by atoms with E-state index in [9.17, 15) is 4.79 Å². The average molecular weight is 334 g/mol. The molecule has 2 rings (SSSR count). The van der Waals surface area contributed by atoms with Gasteiger partial charge in [-0.15, -0.1) is 0 Å². The van der Waals surface area contributed by atoms with Crippen molar-refractivity contribution in [2.24, 2.45) is 0 Å². The Labute approximate surface area is 127 Å². The van der Waals surface area contributed by atoms with Gasteiger partial charge in [0.2, 0.25) is 0 Å². The number of hydrogen-bond acceptors (Lipinski definition) is 3. The van der Waals surface area contributed by atoms with E-state index in [1.165, 1.54) is 0 Å². The maximum atomic E-state index is 12.4. The van der Waals surface area contributed by atoms with Crippen LogP contribution < -0.4 is 4.74 Å². The molecular weight excluding hydrogens is 318 g/mol. The lowest BCUT2D eigenvalue weighted by atomic mass is 10.0. The molecule has 0 aliphatic carbocycles. The second kappa shape index (κ2) is 6.66. The summed E-state index contributed by atoms with van der Waals surface area (Å²) in [5.41, 5.74) is 2.45. The van der Waals surface area contributed by atoms with Crippen molar-refractivity contribution in [1.82, 2.24) is 4.98 Å². The Hall–Kier alpha value is -1.68. The number of pyridine rings is 1. The van der Waals surface area contributed by atoms with Gasteiger partial charge in [-0.05, 0) is 41.8 Å². The highest BCUT2D eigenvalue weighted by molar-refractivity contribution is 9.10. The third-order valence-electron chi connectivity index (χ3n) is 3.14. The normalized spacial score (nSPS) is 10.3. The van der Waals surface area contributed by atoms with E-state index in [0.29, 0.717) is 12.1 Å². The number of hydrogen-bond donors (Lipinski definition) is 0. The summed E-state index contributed by atoms with van der Waals surface area (Å²) in [6.07, 6.45) is 2.77. The van der Waals surface area contributed by atoms with E-state index in [1.807, 2.05) is 37.3 Å². The summed E-state index contributed by atoms with van der Waals surface area (Å²) in [5.74, 6) is 0.768. The van der Waals surface area contributed by atoms with Gasteiger partial charge < -0.3 is 4.74 Å². The minimum Gasteiger partial charge on any atom is -0.497 e. The van der Waals surface area contributed by atoms with Crippen molar-refractivity contribution in [2.45, 2.75) is 19.8 Å². The molecule has 0 unspecified atom stereocenters. The lowest BCUT2D eigenvalue weighted by Gasteiger charge is -2.08. The van der Waals surface area contributed by atoms with Crippen LogP contribution in [0, 0.1) is 0 Å². The van der Waals surface area contributed by atoms with Crippen LogP contribution in [0.4, 0.5) is 0 Å². The minimum atomic E-state index is 0.0244. The van der Waals surface area contributed by atoms with E-state index in [4.69, 9.17) is 4.74 Å². The first kappa shape index (κ1) is 14.7. The summed E-state index contributed by atoms with van der Waals surface area (Å²) >= 11 is 3.47. The second-order valence-corrected chi connectivity index (χ2v) is 5.28. The molecule has 0 amide bonds. The molecule has 2 aromatic rings. The van der Waals surface area contributed by atoms with E-state index in [1.54, 1.807) is 13.3 Å². The van der Waals surface area contributed by atoms with Crippen LogP contribution in [0.15, 0.2) is 41.0 Å². The Morgan fingerprint density at radius 3 is 2.80 bits per heavy atom. The number of carbonyl (C=O) groups is 1. The van der Waals surface area contributed by atoms with Crippen molar-refractivity contribution in [3.05, 3.63) is 57.8 Å². The molecule has 1 heterocycles. The monoisotopic (exact) mass is 333 g/mol. The number of Topliss-reactive ketones (excluding diaryl/α,β-unsaturated/α-hetero) is 1. The predicted octanol–water partition coefficient (Wildman–Crippen LogP) is 3.84. The number of benzene rings is 1. The van der Waals surface area contributed by atoms with Crippen LogP contribution in [-0.2, 0) is 12.8 Å². The van der Waals surface area contributed by atoms with Crippen LogP contribution in [0.2, 0.25) is 0 Å². The van der Waals surface area contributed by atoms with Crippen LogP contribution in [0.25, 0.3) is 0 Å². The van der Waals surface area contributed by atoms with Gasteiger partial charge in [-0.25, -0.2) is 0 Å². The fourth-order valence-electron chi connectivity index (χ4n) is 2.05. The zero-order valence-corrected chi connectivity index (χ0v) is 13.1. The molecule has 0 radical (unpaired) electrons. The third kappa shape index (κ3) is 3.25. The fourth-order valence-corrected chi connectivity index (χ4v) is 2.43. The molecule has 0 saturated heterocycles. The van der Waals surface area contributed by atoms with Crippen LogP contribution in [0.3, 0.4) is 0 Å². The highest BCUT2D eigenvalue weighted by Gasteiger charge is 2.14. The molecule has 0 bridgehead atoms. The van der Waals surface area contributed by atoms with Gasteiger partial charge in [-0.3, -0.25) is 9.78 Å². The summed E-state index contributed by atoms with van der Waals surface area (Å²) in [5, 5.41) is 0. The molecule has 0 spiro atoms. The first-order valence-electron chi connectivity index (χ1n) is 6.45. The average Bonchev–Trinajstić information content (AvgIpc) is 2.49. The summed E-state index contributed by atoms with van der Waals surface area (Å²) < 4.78 is 6.10. The molecule has 4 heteroatoms. The van der Waals surface area contributed by atoms with Crippen molar-refractivity contribution < 1.29 is 9.53 Å². The van der Waals surface area contributed by atoms with Crippen molar-refractivity contribution in [3.63, 3.8) is 0 Å². The molecule has 20 heavy (non-hydrogen) atoms. The number of carbonyl (C=O) groups excluding carboxylic acids is 1. The molecule has 1 aromatic heterocycles. The maximum Gasteiger partial charge on any atom is 0.185 e. The SMILES string of the molecule is CCc1cccnc1C(=O)Cc1cc(OC)ccc1Br. The standard InChI is InChI=1S/C16H16BrNO2/c1-3-11-5-4-8-18-16(11)15(19)10-12-9-13(20-2)6-7-14(12)17/h4-9H,3,10H2,1-2H3. The van der Waals surface area contributed by atoms with Gasteiger partial charge in [-0.2, -0.15) is 0 Å². The van der Waals surface area contributed by atoms with E-state index >= 15 is 0 Å². The zero-order chi connectivity index (χ0) is 14.5. The number of aromatic nitrogens is 1. The molecule has 1 aromatic carbocycles. The van der Waals surface area contributed by atoms with Gasteiger partial charge in [0.1, 0.15) is 11.4 Å². The Balaban J connectivity index is 2.27. The number of ether oxygens (including phenoxy) is 1. The number of methoxy groups -OCH3 is 1. The number of halogens is 1. The van der Waals surface area contributed by atoms with Gasteiger partial charge in [0.15, 0.2) is 5.78 Å². The van der Waals surface area contributed by atoms with Crippen LogP contribution in [0.5, 0.6) is 5.75 Å². The van der Waals surface area contributed by atoms with E-state index < -0.39 is 0 Å². The molecule has 0 aliphatic rings. The van der Waals surface area contributed by atoms with E-state index in [-0.39, 0.29) is 5.78 Å². The molecule has 0 fully saturated rings. The fraction of sp³-hybridized carbons (Fsp3) is 0.250. The number of rotatable bonds is 5. The van der Waals surface area contributed by atoms with Crippen molar-refractivity contribution in [2.75, 3.05) is 7.11 Å². The quantitative estimate of drug-likeness (QED) is 0.780. The summed E-state index contributed by atoms with van der Waals surface area (Å²) in [6.45, 7) is 2.02. The lowest BCUT2D eigenvalue weighted by Crippen LogP contribution is -2.09. The van der Waals surface area contributed by atoms with E-state index in [2.05, 4.69) is 20.9 Å². The largest absolute Gasteiger partial charge is 0.497 e. The zero-order valence-electron chi connectivity index (χ0n) is 11.5. The van der Waals surface area contributed by atoms with Gasteiger partial charge >= 0.3 is 0 Å². The van der Waals surface area contributed by atoms with Crippen molar-refractivity contribution in [3.8, 4) is 5.75 Å². The molecule has 3 nitrogen and oxygen atoms in total. The van der Waals surface area contributed by atoms with Crippen LogP contribution in [0.1, 0.15) is 28.5 Å². The molecule has 0 N–H and O–H groups in total. The van der Waals surface area contributed by atoms with Crippen LogP contribution >= 0.6 is 15.9 Å². The van der Waals surface area contributed by atoms with Crippen LogP contribution in [-0.4, -0.2) is 17.9 Å². The first-order chi connectivity index (χ1) is 9.65. The molecule has 0 atom stereocenters. The van der Waals surface area contributed by atoms with Gasteiger partial charge in [0, 0.05) is 17.1 Å². The first-order valence-corrected chi connectivity index (χ1v) is 7.24. The van der Waals surface area contributed by atoms with Gasteiger partial charge in [0.25, 0.3) is 0 Å². The predicted molar refractivity (Wildman–Crippen MR) is 82.3 cm³/mol. The summed E-state index contributed by atoms with van der Waals surface area (Å²) in [6, 6.07) is 9.42. The van der Waals surface area contributed by atoms with E-state index in [0.717, 1.165) is 27.8 Å². The molecule has 104 valence electrons. The molecule has 0 saturated carbocycles. The molecular formula is C16H16BrNO2. The van der Waals surface area contributed by atoms with Gasteiger partial charge in [0.05, 0.1) is 7.11 Å². The topological polar surface area (TPSA) is 39.2 Å².